The SMILES string of the molecule is CC(C)C1CCN(CCC(C)(C)C(=N)N)CC1. The summed E-state index contributed by atoms with van der Waals surface area (Å²) in [5, 5.41) is 7.56. The first kappa shape index (κ1) is 14.5. The molecule has 0 unspecified atom stereocenters. The van der Waals surface area contributed by atoms with Gasteiger partial charge in [0, 0.05) is 5.41 Å². The molecule has 0 aromatic rings. The van der Waals surface area contributed by atoms with Crippen molar-refractivity contribution in [2.45, 2.75) is 47.0 Å². The number of nitrogens with one attached hydrogen (secondary N) is 1. The van der Waals surface area contributed by atoms with E-state index in [1.54, 1.807) is 0 Å². The molecule has 1 aliphatic rings. The Morgan fingerprint density at radius 1 is 1.35 bits per heavy atom. The zero-order chi connectivity index (χ0) is 13.1. The van der Waals surface area contributed by atoms with Crippen LogP contribution < -0.4 is 5.73 Å². The first-order chi connectivity index (χ1) is 7.83. The van der Waals surface area contributed by atoms with Crippen LogP contribution in [0.1, 0.15) is 47.0 Å². The van der Waals surface area contributed by atoms with Crippen molar-refractivity contribution in [2.24, 2.45) is 23.0 Å². The number of nitrogens with two attached hydrogens (primary N) is 1. The average Bonchev–Trinajstić information content (AvgIpc) is 2.27. The molecule has 1 heterocycles. The number of likely N-dealkylation sites (tertiary alicyclic amines) is 1. The van der Waals surface area contributed by atoms with E-state index >= 15 is 0 Å². The van der Waals surface area contributed by atoms with Crippen molar-refractivity contribution >= 4 is 5.84 Å². The molecule has 3 nitrogen and oxygen atoms in total. The Labute approximate surface area is 106 Å². The van der Waals surface area contributed by atoms with Crippen molar-refractivity contribution in [3.63, 3.8) is 0 Å². The second kappa shape index (κ2) is 5.85. The lowest BCUT2D eigenvalue weighted by molar-refractivity contribution is 0.148. The molecule has 0 atom stereocenters. The van der Waals surface area contributed by atoms with Gasteiger partial charge in [-0.3, -0.25) is 5.41 Å². The van der Waals surface area contributed by atoms with Crippen LogP contribution >= 0.6 is 0 Å². The van der Waals surface area contributed by atoms with Crippen molar-refractivity contribution in [1.82, 2.24) is 4.90 Å². The standard InChI is InChI=1S/C14H29N3/c1-11(2)12-5-8-17(9-6-12)10-7-14(3,4)13(15)16/h11-12H,5-10H2,1-4H3,(H3,15,16). The Kier molecular flexibility index (Phi) is 4.99. The van der Waals surface area contributed by atoms with Gasteiger partial charge in [0.1, 0.15) is 0 Å². The Morgan fingerprint density at radius 2 is 1.88 bits per heavy atom. The molecule has 0 aromatic carbocycles. The smallest absolute Gasteiger partial charge is 0.0963 e. The summed E-state index contributed by atoms with van der Waals surface area (Å²) in [6.07, 6.45) is 3.66. The minimum Gasteiger partial charge on any atom is -0.387 e. The predicted molar refractivity (Wildman–Crippen MR) is 74.3 cm³/mol. The molecule has 1 saturated heterocycles. The monoisotopic (exact) mass is 239 g/mol. The molecule has 100 valence electrons. The van der Waals surface area contributed by atoms with Crippen LogP contribution in [0.15, 0.2) is 0 Å². The first-order valence-corrected chi connectivity index (χ1v) is 6.90. The van der Waals surface area contributed by atoms with Gasteiger partial charge < -0.3 is 10.6 Å². The van der Waals surface area contributed by atoms with Crippen LogP contribution in [0.2, 0.25) is 0 Å². The fourth-order valence-corrected chi connectivity index (χ4v) is 2.42. The van der Waals surface area contributed by atoms with E-state index in [-0.39, 0.29) is 5.41 Å². The molecule has 0 saturated carbocycles. The van der Waals surface area contributed by atoms with Gasteiger partial charge >= 0.3 is 0 Å². The summed E-state index contributed by atoms with van der Waals surface area (Å²) in [5.74, 6) is 2.05. The van der Waals surface area contributed by atoms with Crippen molar-refractivity contribution in [1.29, 1.82) is 5.41 Å². The van der Waals surface area contributed by atoms with E-state index in [0.29, 0.717) is 5.84 Å². The number of hydrogen-bond donors (Lipinski definition) is 2. The highest BCUT2D eigenvalue weighted by Gasteiger charge is 2.25. The molecule has 0 spiro atoms. The van der Waals surface area contributed by atoms with Crippen LogP contribution in [0.25, 0.3) is 0 Å². The maximum Gasteiger partial charge on any atom is 0.0963 e. The number of nitrogens with zero attached hydrogens (tertiary/aromatic N) is 1. The highest BCUT2D eigenvalue weighted by atomic mass is 15.1. The second-order valence-corrected chi connectivity index (χ2v) is 6.47. The van der Waals surface area contributed by atoms with Gasteiger partial charge in [0.25, 0.3) is 0 Å². The lowest BCUT2D eigenvalue weighted by Crippen LogP contribution is -2.39. The van der Waals surface area contributed by atoms with Crippen LogP contribution in [0, 0.1) is 22.7 Å². The zero-order valence-electron chi connectivity index (χ0n) is 11.9. The zero-order valence-corrected chi connectivity index (χ0v) is 11.9. The number of amidine groups is 1. The summed E-state index contributed by atoms with van der Waals surface area (Å²) in [4.78, 5) is 2.53. The molecule has 3 N–H and O–H groups in total. The highest BCUT2D eigenvalue weighted by molar-refractivity contribution is 5.82. The van der Waals surface area contributed by atoms with Gasteiger partial charge in [0.2, 0.25) is 0 Å². The quantitative estimate of drug-likeness (QED) is 0.572. The first-order valence-electron chi connectivity index (χ1n) is 6.90. The third-order valence-corrected chi connectivity index (χ3v) is 4.36. The minimum absolute atomic E-state index is 0.144. The lowest BCUT2D eigenvalue weighted by Gasteiger charge is -2.35. The summed E-state index contributed by atoms with van der Waals surface area (Å²) in [7, 11) is 0. The third kappa shape index (κ3) is 4.30. The van der Waals surface area contributed by atoms with Crippen LogP contribution in [0.3, 0.4) is 0 Å². The highest BCUT2D eigenvalue weighted by Crippen LogP contribution is 2.26. The predicted octanol–water partition coefficient (Wildman–Crippen LogP) is 2.71. The molecule has 0 aliphatic carbocycles. The molecular weight excluding hydrogens is 210 g/mol. The molecule has 1 rings (SSSR count). The molecular formula is C14H29N3. The molecule has 17 heavy (non-hydrogen) atoms. The summed E-state index contributed by atoms with van der Waals surface area (Å²) in [5.41, 5.74) is 5.47. The van der Waals surface area contributed by atoms with Gasteiger partial charge in [-0.2, -0.15) is 0 Å². The normalized spacial score (nSPS) is 19.8. The molecule has 1 aliphatic heterocycles. The van der Waals surface area contributed by atoms with E-state index in [2.05, 4.69) is 32.6 Å². The molecule has 0 aromatic heterocycles. The summed E-state index contributed by atoms with van der Waals surface area (Å²) in [6.45, 7) is 12.3. The lowest BCUT2D eigenvalue weighted by atomic mass is 9.85. The van der Waals surface area contributed by atoms with Crippen molar-refractivity contribution in [3.8, 4) is 0 Å². The Hall–Kier alpha value is -0.570. The van der Waals surface area contributed by atoms with E-state index in [0.717, 1.165) is 24.8 Å². The van der Waals surface area contributed by atoms with Crippen LogP contribution in [0.5, 0.6) is 0 Å². The maximum absolute atomic E-state index is 7.56. The van der Waals surface area contributed by atoms with E-state index in [1.165, 1.54) is 25.9 Å². The van der Waals surface area contributed by atoms with Crippen molar-refractivity contribution in [3.05, 3.63) is 0 Å². The molecule has 0 bridgehead atoms. The Balaban J connectivity index is 2.29. The molecule has 1 fully saturated rings. The van der Waals surface area contributed by atoms with E-state index in [1.807, 2.05) is 0 Å². The number of hydrogen-bond acceptors (Lipinski definition) is 2. The number of rotatable bonds is 5. The van der Waals surface area contributed by atoms with E-state index in [4.69, 9.17) is 11.1 Å². The van der Waals surface area contributed by atoms with Crippen LogP contribution in [0.4, 0.5) is 0 Å². The topological polar surface area (TPSA) is 53.1 Å². The Bertz CT molecular complexity index is 250. The van der Waals surface area contributed by atoms with E-state index < -0.39 is 0 Å². The largest absolute Gasteiger partial charge is 0.387 e. The molecule has 0 amide bonds. The molecule has 0 radical (unpaired) electrons. The molecule has 3 heteroatoms. The van der Waals surface area contributed by atoms with Crippen LogP contribution in [-0.2, 0) is 0 Å². The van der Waals surface area contributed by atoms with Gasteiger partial charge in [-0.05, 0) is 50.7 Å². The van der Waals surface area contributed by atoms with Crippen molar-refractivity contribution in [2.75, 3.05) is 19.6 Å². The van der Waals surface area contributed by atoms with Gasteiger partial charge in [-0.1, -0.05) is 27.7 Å². The minimum atomic E-state index is -0.144. The van der Waals surface area contributed by atoms with Gasteiger partial charge in [0.05, 0.1) is 5.84 Å². The summed E-state index contributed by atoms with van der Waals surface area (Å²) < 4.78 is 0. The van der Waals surface area contributed by atoms with Crippen LogP contribution in [-0.4, -0.2) is 30.4 Å². The Morgan fingerprint density at radius 3 is 2.29 bits per heavy atom. The third-order valence-electron chi connectivity index (χ3n) is 4.36. The average molecular weight is 239 g/mol. The number of piperidine rings is 1. The van der Waals surface area contributed by atoms with Gasteiger partial charge in [0.15, 0.2) is 0 Å². The summed E-state index contributed by atoms with van der Waals surface area (Å²) in [6, 6.07) is 0. The fraction of sp³-hybridized carbons (Fsp3) is 0.929. The van der Waals surface area contributed by atoms with Gasteiger partial charge in [-0.15, -0.1) is 0 Å². The van der Waals surface area contributed by atoms with E-state index in [9.17, 15) is 0 Å². The fourth-order valence-electron chi connectivity index (χ4n) is 2.42. The van der Waals surface area contributed by atoms with Gasteiger partial charge in [-0.25, -0.2) is 0 Å². The van der Waals surface area contributed by atoms with Crippen molar-refractivity contribution < 1.29 is 0 Å². The second-order valence-electron chi connectivity index (χ2n) is 6.47. The summed E-state index contributed by atoms with van der Waals surface area (Å²) >= 11 is 0. The maximum atomic E-state index is 7.56.